The molecule has 0 aliphatic rings. The van der Waals surface area contributed by atoms with Crippen molar-refractivity contribution >= 4 is 27.6 Å². The molecule has 2 heterocycles. The number of carbonyl (C=O) groups excluding carboxylic acids is 1. The first-order valence-corrected chi connectivity index (χ1v) is 8.72. The van der Waals surface area contributed by atoms with E-state index in [1.54, 1.807) is 20.0 Å². The Bertz CT molecular complexity index is 1240. The highest BCUT2D eigenvalue weighted by Crippen LogP contribution is 2.28. The molecule has 2 N–H and O–H groups in total. The van der Waals surface area contributed by atoms with Gasteiger partial charge in [0.25, 0.3) is 11.5 Å². The van der Waals surface area contributed by atoms with E-state index in [-0.39, 0.29) is 16.7 Å². The highest BCUT2D eigenvalue weighted by atomic mass is 19.2. The zero-order valence-corrected chi connectivity index (χ0v) is 15.2. The predicted octanol–water partition coefficient (Wildman–Crippen LogP) is 4.12. The molecule has 2 aromatic carbocycles. The highest BCUT2D eigenvalue weighted by Gasteiger charge is 2.23. The van der Waals surface area contributed by atoms with Gasteiger partial charge in [-0.3, -0.25) is 9.59 Å². The molecule has 2 aromatic heterocycles. The van der Waals surface area contributed by atoms with E-state index < -0.39 is 23.2 Å². The van der Waals surface area contributed by atoms with Crippen molar-refractivity contribution in [1.29, 1.82) is 0 Å². The van der Waals surface area contributed by atoms with E-state index in [0.717, 1.165) is 23.0 Å². The number of hydrogen-bond donors (Lipinski definition) is 2. The van der Waals surface area contributed by atoms with Gasteiger partial charge in [0.05, 0.1) is 11.4 Å². The van der Waals surface area contributed by atoms with E-state index in [2.05, 4.69) is 9.97 Å². The molecule has 0 radical (unpaired) electrons. The minimum atomic E-state index is -1.09. The number of amides is 1. The standard InChI is InChI=1S/C21H17F2N3O2/c1-11(15-10-24-20(27)14-9-17(23)16(22)8-13(14)15)26(2)21(28)19-7-12-5-3-4-6-18(12)25-19/h3-11,25H,1-2H3,(H,24,27)/t11-/m1/s1. The fourth-order valence-corrected chi connectivity index (χ4v) is 3.38. The number of hydrogen-bond acceptors (Lipinski definition) is 2. The molecule has 0 spiro atoms. The smallest absolute Gasteiger partial charge is 0.270 e. The maximum atomic E-state index is 13.8. The average Bonchev–Trinajstić information content (AvgIpc) is 3.12. The number of aromatic nitrogens is 2. The van der Waals surface area contributed by atoms with Crippen LogP contribution in [0.25, 0.3) is 21.7 Å². The van der Waals surface area contributed by atoms with Crippen LogP contribution in [0.1, 0.15) is 29.0 Å². The van der Waals surface area contributed by atoms with Crippen LogP contribution in [0.3, 0.4) is 0 Å². The van der Waals surface area contributed by atoms with Gasteiger partial charge in [0.15, 0.2) is 11.6 Å². The second-order valence-corrected chi connectivity index (χ2v) is 6.75. The second kappa shape index (κ2) is 6.60. The third-order valence-electron chi connectivity index (χ3n) is 5.09. The quantitative estimate of drug-likeness (QED) is 0.560. The van der Waals surface area contributed by atoms with Gasteiger partial charge in [0, 0.05) is 24.1 Å². The summed E-state index contributed by atoms with van der Waals surface area (Å²) in [5, 5.41) is 1.22. The summed E-state index contributed by atoms with van der Waals surface area (Å²) in [6.45, 7) is 1.76. The lowest BCUT2D eigenvalue weighted by molar-refractivity contribution is 0.0738. The first-order valence-electron chi connectivity index (χ1n) is 8.72. The molecule has 0 aliphatic heterocycles. The molecule has 0 saturated carbocycles. The maximum Gasteiger partial charge on any atom is 0.270 e. The van der Waals surface area contributed by atoms with Crippen LogP contribution in [0, 0.1) is 11.6 Å². The summed E-state index contributed by atoms with van der Waals surface area (Å²) in [6.07, 6.45) is 1.43. The van der Waals surface area contributed by atoms with Crippen molar-refractivity contribution < 1.29 is 13.6 Å². The van der Waals surface area contributed by atoms with Crippen LogP contribution >= 0.6 is 0 Å². The topological polar surface area (TPSA) is 69.0 Å². The molecule has 4 aromatic rings. The van der Waals surface area contributed by atoms with Crippen molar-refractivity contribution in [3.63, 3.8) is 0 Å². The number of nitrogens with zero attached hydrogens (tertiary/aromatic N) is 1. The van der Waals surface area contributed by atoms with E-state index >= 15 is 0 Å². The summed E-state index contributed by atoms with van der Waals surface area (Å²) >= 11 is 0. The van der Waals surface area contributed by atoms with Crippen molar-refractivity contribution in [1.82, 2.24) is 14.9 Å². The van der Waals surface area contributed by atoms with Gasteiger partial charge in [-0.1, -0.05) is 18.2 Å². The average molecular weight is 381 g/mol. The zero-order valence-electron chi connectivity index (χ0n) is 15.2. The number of carbonyl (C=O) groups is 1. The third-order valence-corrected chi connectivity index (χ3v) is 5.09. The number of aromatic amines is 2. The Hall–Kier alpha value is -3.48. The summed E-state index contributed by atoms with van der Waals surface area (Å²) in [5.41, 5.74) is 1.26. The lowest BCUT2D eigenvalue weighted by atomic mass is 10.0. The molecule has 7 heteroatoms. The molecule has 0 bridgehead atoms. The molecule has 4 rings (SSSR count). The van der Waals surface area contributed by atoms with E-state index in [4.69, 9.17) is 0 Å². The number of halogens is 2. The predicted molar refractivity (Wildman–Crippen MR) is 103 cm³/mol. The minimum absolute atomic E-state index is 0.0368. The number of fused-ring (bicyclic) bond motifs is 2. The Balaban J connectivity index is 1.75. The number of para-hydroxylation sites is 1. The Kier molecular flexibility index (Phi) is 4.22. The lowest BCUT2D eigenvalue weighted by Gasteiger charge is -2.25. The van der Waals surface area contributed by atoms with E-state index in [9.17, 15) is 18.4 Å². The fourth-order valence-electron chi connectivity index (χ4n) is 3.38. The Morgan fingerprint density at radius 1 is 1.07 bits per heavy atom. The van der Waals surface area contributed by atoms with Gasteiger partial charge in [-0.2, -0.15) is 0 Å². The van der Waals surface area contributed by atoms with Gasteiger partial charge in [-0.05, 0) is 42.1 Å². The molecule has 5 nitrogen and oxygen atoms in total. The first kappa shape index (κ1) is 17.9. The van der Waals surface area contributed by atoms with Crippen LogP contribution in [-0.4, -0.2) is 27.8 Å². The molecule has 0 fully saturated rings. The number of rotatable bonds is 3. The molecule has 0 aliphatic carbocycles. The van der Waals surface area contributed by atoms with Gasteiger partial charge < -0.3 is 14.9 Å². The summed E-state index contributed by atoms with van der Waals surface area (Å²) in [6, 6.07) is 10.7. The van der Waals surface area contributed by atoms with Crippen LogP contribution in [0.15, 0.2) is 53.5 Å². The van der Waals surface area contributed by atoms with E-state index in [0.29, 0.717) is 11.3 Å². The van der Waals surface area contributed by atoms with Gasteiger partial charge >= 0.3 is 0 Å². The van der Waals surface area contributed by atoms with Crippen molar-refractivity contribution in [2.24, 2.45) is 0 Å². The van der Waals surface area contributed by atoms with Crippen LogP contribution in [0.4, 0.5) is 8.78 Å². The summed E-state index contributed by atoms with van der Waals surface area (Å²) in [7, 11) is 1.62. The molecular weight excluding hydrogens is 364 g/mol. The number of nitrogens with one attached hydrogen (secondary N) is 2. The highest BCUT2D eigenvalue weighted by molar-refractivity contribution is 5.98. The first-order chi connectivity index (χ1) is 13.4. The maximum absolute atomic E-state index is 13.8. The molecule has 0 saturated heterocycles. The second-order valence-electron chi connectivity index (χ2n) is 6.75. The molecular formula is C21H17F2N3O2. The number of pyridine rings is 1. The summed E-state index contributed by atoms with van der Waals surface area (Å²) in [5.74, 6) is -2.40. The van der Waals surface area contributed by atoms with E-state index in [1.807, 2.05) is 24.3 Å². The SMILES string of the molecule is C[C@H](c1c[nH]c(=O)c2cc(F)c(F)cc12)N(C)C(=O)c1cc2ccccc2[nH]1. The third kappa shape index (κ3) is 2.85. The van der Waals surface area contributed by atoms with Crippen LogP contribution in [-0.2, 0) is 0 Å². The van der Waals surface area contributed by atoms with Crippen molar-refractivity contribution in [2.45, 2.75) is 13.0 Å². The molecule has 1 atom stereocenters. The molecule has 28 heavy (non-hydrogen) atoms. The summed E-state index contributed by atoms with van der Waals surface area (Å²) in [4.78, 5) is 32.1. The Morgan fingerprint density at radius 2 is 1.75 bits per heavy atom. The lowest BCUT2D eigenvalue weighted by Crippen LogP contribution is -2.30. The minimum Gasteiger partial charge on any atom is -0.351 e. The Labute approximate surface area is 158 Å². The molecule has 0 unspecified atom stereocenters. The monoisotopic (exact) mass is 381 g/mol. The van der Waals surface area contributed by atoms with Gasteiger partial charge in [-0.15, -0.1) is 0 Å². The zero-order chi connectivity index (χ0) is 20.0. The van der Waals surface area contributed by atoms with Crippen molar-refractivity contribution in [3.05, 3.63) is 81.9 Å². The summed E-state index contributed by atoms with van der Waals surface area (Å²) < 4.78 is 27.4. The van der Waals surface area contributed by atoms with Gasteiger partial charge in [0.2, 0.25) is 0 Å². The molecule has 142 valence electrons. The van der Waals surface area contributed by atoms with E-state index in [1.165, 1.54) is 11.1 Å². The van der Waals surface area contributed by atoms with Crippen LogP contribution in [0.2, 0.25) is 0 Å². The number of H-pyrrole nitrogens is 2. The largest absolute Gasteiger partial charge is 0.351 e. The van der Waals surface area contributed by atoms with Crippen molar-refractivity contribution in [2.75, 3.05) is 7.05 Å². The van der Waals surface area contributed by atoms with Gasteiger partial charge in [-0.25, -0.2) is 8.78 Å². The number of benzene rings is 2. The molecule has 1 amide bonds. The Morgan fingerprint density at radius 3 is 2.46 bits per heavy atom. The van der Waals surface area contributed by atoms with Gasteiger partial charge in [0.1, 0.15) is 5.69 Å². The van der Waals surface area contributed by atoms with Crippen LogP contribution < -0.4 is 5.56 Å². The fraction of sp³-hybridized carbons (Fsp3) is 0.143. The van der Waals surface area contributed by atoms with Crippen LogP contribution in [0.5, 0.6) is 0 Å². The normalized spacial score (nSPS) is 12.4. The van der Waals surface area contributed by atoms with Crippen molar-refractivity contribution in [3.8, 4) is 0 Å².